The van der Waals surface area contributed by atoms with Gasteiger partial charge in [0, 0.05) is 75.1 Å². The number of likely N-dealkylation sites (tertiary alicyclic amines) is 2. The molecule has 4 fully saturated rings. The molecular formula is C34H44N6O3. The van der Waals surface area contributed by atoms with E-state index in [-0.39, 0.29) is 35.7 Å². The molecule has 6 aliphatic rings. The summed E-state index contributed by atoms with van der Waals surface area (Å²) in [5, 5.41) is 7.97. The summed E-state index contributed by atoms with van der Waals surface area (Å²) in [5.74, 6) is 1.63. The minimum Gasteiger partial charge on any atom is -0.342 e. The first-order chi connectivity index (χ1) is 20.8. The SMILES string of the molecule is CC(C)C(=O)N1CCC2(CC1)NC(C1C=CC(c3ccc(C4C=NNC4)cc3)=CC1)N(CC1CN(C(=O)C3CC3)C1)C2=O. The molecule has 228 valence electrons. The van der Waals surface area contributed by atoms with E-state index in [4.69, 9.17) is 0 Å². The summed E-state index contributed by atoms with van der Waals surface area (Å²) in [6.45, 7) is 8.09. The Bertz CT molecular complexity index is 1350. The van der Waals surface area contributed by atoms with Crippen LogP contribution >= 0.6 is 0 Å². The molecule has 1 spiro atoms. The van der Waals surface area contributed by atoms with E-state index in [0.29, 0.717) is 50.2 Å². The predicted octanol–water partition coefficient (Wildman–Crippen LogP) is 2.96. The van der Waals surface area contributed by atoms with Crippen LogP contribution in [0.15, 0.2) is 47.6 Å². The van der Waals surface area contributed by atoms with Crippen molar-refractivity contribution in [3.05, 3.63) is 53.6 Å². The maximum Gasteiger partial charge on any atom is 0.244 e. The van der Waals surface area contributed by atoms with E-state index in [1.165, 1.54) is 16.7 Å². The molecule has 1 aromatic rings. The van der Waals surface area contributed by atoms with Crippen LogP contribution in [0.5, 0.6) is 0 Å². The highest BCUT2D eigenvalue weighted by molar-refractivity contribution is 5.90. The van der Waals surface area contributed by atoms with E-state index >= 15 is 0 Å². The topological polar surface area (TPSA) is 97.3 Å². The summed E-state index contributed by atoms with van der Waals surface area (Å²) < 4.78 is 0. The van der Waals surface area contributed by atoms with Gasteiger partial charge in [0.25, 0.3) is 0 Å². The van der Waals surface area contributed by atoms with Gasteiger partial charge in [0.2, 0.25) is 17.7 Å². The molecule has 2 aliphatic carbocycles. The molecule has 1 aromatic carbocycles. The third-order valence-electron chi connectivity index (χ3n) is 10.4. The lowest BCUT2D eigenvalue weighted by Crippen LogP contribution is -2.57. The second-order valence-electron chi connectivity index (χ2n) is 13.8. The number of hydrogen-bond donors (Lipinski definition) is 2. The van der Waals surface area contributed by atoms with Crippen molar-refractivity contribution in [2.45, 2.75) is 63.6 Å². The molecule has 0 radical (unpaired) electrons. The first kappa shape index (κ1) is 28.3. The number of nitrogens with zero attached hydrogens (tertiary/aromatic N) is 4. The summed E-state index contributed by atoms with van der Waals surface area (Å²) >= 11 is 0. The zero-order chi connectivity index (χ0) is 29.7. The molecule has 43 heavy (non-hydrogen) atoms. The molecule has 7 rings (SSSR count). The standard InChI is InChI=1S/C34H44N6O3/c1-22(2)31(41)38-15-13-34(14-16-38)33(43)40(21-23-19-39(20-23)32(42)28-11-12-28)30(37-34)27-9-7-25(8-10-27)24-3-5-26(6-4-24)29-17-35-36-18-29/h3-9,17,22-23,27-30,36-37H,10-16,18-21H2,1-2H3. The highest BCUT2D eigenvalue weighted by Crippen LogP contribution is 2.39. The molecule has 1 saturated carbocycles. The first-order valence-corrected chi connectivity index (χ1v) is 16.2. The van der Waals surface area contributed by atoms with Gasteiger partial charge in [-0.15, -0.1) is 0 Å². The third kappa shape index (κ3) is 5.41. The van der Waals surface area contributed by atoms with Gasteiger partial charge in [-0.2, -0.15) is 5.10 Å². The number of piperidine rings is 1. The number of hydrogen-bond acceptors (Lipinski definition) is 6. The largest absolute Gasteiger partial charge is 0.342 e. The van der Waals surface area contributed by atoms with E-state index in [9.17, 15) is 14.4 Å². The highest BCUT2D eigenvalue weighted by Gasteiger charge is 2.55. The van der Waals surface area contributed by atoms with Crippen LogP contribution in [-0.2, 0) is 14.4 Å². The van der Waals surface area contributed by atoms with Crippen molar-refractivity contribution in [1.82, 2.24) is 25.4 Å². The normalized spacial score (nSPS) is 28.4. The molecule has 9 nitrogen and oxygen atoms in total. The minimum absolute atomic E-state index is 0.0384. The Balaban J connectivity index is 1.05. The van der Waals surface area contributed by atoms with Crippen molar-refractivity contribution in [3.8, 4) is 0 Å². The fourth-order valence-electron chi connectivity index (χ4n) is 7.48. The number of allylic oxidation sites excluding steroid dienone is 3. The van der Waals surface area contributed by atoms with Crippen LogP contribution in [0, 0.1) is 23.7 Å². The number of hydrazone groups is 1. The van der Waals surface area contributed by atoms with Gasteiger partial charge in [0.1, 0.15) is 5.54 Å². The Morgan fingerprint density at radius 2 is 1.81 bits per heavy atom. The molecular weight excluding hydrogens is 540 g/mol. The van der Waals surface area contributed by atoms with E-state index in [1.54, 1.807) is 0 Å². The zero-order valence-electron chi connectivity index (χ0n) is 25.4. The van der Waals surface area contributed by atoms with Gasteiger partial charge >= 0.3 is 0 Å². The number of benzene rings is 1. The molecule has 2 N–H and O–H groups in total. The van der Waals surface area contributed by atoms with E-state index in [0.717, 1.165) is 38.9 Å². The average molecular weight is 585 g/mol. The van der Waals surface area contributed by atoms with Crippen LogP contribution in [0.4, 0.5) is 0 Å². The Morgan fingerprint density at radius 3 is 2.42 bits per heavy atom. The smallest absolute Gasteiger partial charge is 0.244 e. The van der Waals surface area contributed by atoms with Crippen LogP contribution in [-0.4, -0.2) is 89.6 Å². The Labute approximate surface area is 254 Å². The van der Waals surface area contributed by atoms with Crippen molar-refractivity contribution >= 4 is 29.5 Å². The fraction of sp³-hybridized carbons (Fsp3) is 0.588. The highest BCUT2D eigenvalue weighted by atomic mass is 16.2. The number of rotatable bonds is 7. The maximum atomic E-state index is 14.2. The Kier molecular flexibility index (Phi) is 7.40. The van der Waals surface area contributed by atoms with Gasteiger partial charge in [0.05, 0.1) is 6.17 Å². The lowest BCUT2D eigenvalue weighted by Gasteiger charge is -2.43. The van der Waals surface area contributed by atoms with Crippen molar-refractivity contribution in [2.24, 2.45) is 28.8 Å². The van der Waals surface area contributed by atoms with Crippen molar-refractivity contribution in [2.75, 3.05) is 39.3 Å². The third-order valence-corrected chi connectivity index (χ3v) is 10.4. The molecule has 3 atom stereocenters. The second-order valence-corrected chi connectivity index (χ2v) is 13.8. The maximum absolute atomic E-state index is 14.2. The fourth-order valence-corrected chi connectivity index (χ4v) is 7.48. The van der Waals surface area contributed by atoms with Gasteiger partial charge in [-0.25, -0.2) is 0 Å². The van der Waals surface area contributed by atoms with Crippen molar-refractivity contribution in [1.29, 1.82) is 0 Å². The molecule has 0 aromatic heterocycles. The summed E-state index contributed by atoms with van der Waals surface area (Å²) in [7, 11) is 0. The van der Waals surface area contributed by atoms with Crippen LogP contribution < -0.4 is 10.7 Å². The quantitative estimate of drug-likeness (QED) is 0.514. The number of amides is 3. The van der Waals surface area contributed by atoms with Gasteiger partial charge in [-0.05, 0) is 48.8 Å². The molecule has 3 unspecified atom stereocenters. The minimum atomic E-state index is -0.627. The molecule has 3 saturated heterocycles. The van der Waals surface area contributed by atoms with Crippen molar-refractivity contribution < 1.29 is 14.4 Å². The van der Waals surface area contributed by atoms with Crippen molar-refractivity contribution in [3.63, 3.8) is 0 Å². The number of nitrogens with one attached hydrogen (secondary N) is 2. The lowest BCUT2D eigenvalue weighted by molar-refractivity contribution is -0.143. The zero-order valence-corrected chi connectivity index (χ0v) is 25.4. The second kappa shape index (κ2) is 11.2. The van der Waals surface area contributed by atoms with E-state index in [2.05, 4.69) is 63.2 Å². The average Bonchev–Trinajstić information content (AvgIpc) is 3.65. The Morgan fingerprint density at radius 1 is 1.07 bits per heavy atom. The van der Waals surface area contributed by atoms with Gasteiger partial charge in [0.15, 0.2) is 0 Å². The van der Waals surface area contributed by atoms with Gasteiger partial charge < -0.3 is 20.1 Å². The van der Waals surface area contributed by atoms with Crippen LogP contribution in [0.3, 0.4) is 0 Å². The number of carbonyl (C=O) groups excluding carboxylic acids is 3. The van der Waals surface area contributed by atoms with Gasteiger partial charge in [-0.3, -0.25) is 19.7 Å². The summed E-state index contributed by atoms with van der Waals surface area (Å²) in [4.78, 5) is 45.4. The lowest BCUT2D eigenvalue weighted by atomic mass is 9.86. The molecule has 4 heterocycles. The molecule has 0 bridgehead atoms. The summed E-state index contributed by atoms with van der Waals surface area (Å²) in [6.07, 6.45) is 12.8. The molecule has 9 heteroatoms. The van der Waals surface area contributed by atoms with Crippen LogP contribution in [0.1, 0.15) is 63.0 Å². The Hall–Kier alpha value is -3.46. The number of carbonyl (C=O) groups is 3. The molecule has 4 aliphatic heterocycles. The predicted molar refractivity (Wildman–Crippen MR) is 166 cm³/mol. The summed E-state index contributed by atoms with van der Waals surface area (Å²) in [5.41, 5.74) is 6.07. The molecule has 3 amide bonds. The van der Waals surface area contributed by atoms with E-state index < -0.39 is 5.54 Å². The van der Waals surface area contributed by atoms with E-state index in [1.807, 2.05) is 29.9 Å². The monoisotopic (exact) mass is 584 g/mol. The van der Waals surface area contributed by atoms with Crippen LogP contribution in [0.25, 0.3) is 5.57 Å². The van der Waals surface area contributed by atoms with Crippen LogP contribution in [0.2, 0.25) is 0 Å². The first-order valence-electron chi connectivity index (χ1n) is 16.2. The van der Waals surface area contributed by atoms with Gasteiger partial charge in [-0.1, -0.05) is 56.3 Å². The summed E-state index contributed by atoms with van der Waals surface area (Å²) in [6, 6.07) is 8.76.